The molecule has 1 atom stereocenters. The van der Waals surface area contributed by atoms with E-state index in [1.807, 2.05) is 6.92 Å². The first-order valence-electron chi connectivity index (χ1n) is 5.35. The Kier molecular flexibility index (Phi) is 2.91. The smallest absolute Gasteiger partial charge is 0.262 e. The summed E-state index contributed by atoms with van der Waals surface area (Å²) in [4.78, 5) is 11.2. The summed E-state index contributed by atoms with van der Waals surface area (Å²) in [5, 5.41) is 5.91. The maximum atomic E-state index is 11.2. The van der Waals surface area contributed by atoms with Gasteiger partial charge in [-0.3, -0.25) is 4.79 Å². The van der Waals surface area contributed by atoms with Crippen molar-refractivity contribution in [1.82, 2.24) is 0 Å². The van der Waals surface area contributed by atoms with E-state index in [0.717, 1.165) is 5.69 Å². The summed E-state index contributed by atoms with van der Waals surface area (Å²) in [7, 11) is 0. The Morgan fingerprint density at radius 3 is 3.12 bits per heavy atom. The molecule has 5 heteroatoms. The van der Waals surface area contributed by atoms with E-state index >= 15 is 0 Å². The molecule has 4 N–H and O–H groups in total. The molecule has 0 spiro atoms. The largest absolute Gasteiger partial charge is 0.482 e. The maximum Gasteiger partial charge on any atom is 0.262 e. The molecule has 5 nitrogen and oxygen atoms in total. The summed E-state index contributed by atoms with van der Waals surface area (Å²) in [5.74, 6) is 0.434. The molecular formula is C12H15N3O2. The number of hydrogen-bond donors (Lipinski definition) is 3. The van der Waals surface area contributed by atoms with Crippen LogP contribution in [0.15, 0.2) is 24.8 Å². The lowest BCUT2D eigenvalue weighted by molar-refractivity contribution is -0.118. The number of carbonyl (C=O) groups excluding carboxylic acids is 1. The van der Waals surface area contributed by atoms with Crippen LogP contribution in [0.4, 0.5) is 17.1 Å². The Morgan fingerprint density at radius 1 is 1.65 bits per heavy atom. The molecule has 0 saturated carbocycles. The minimum absolute atomic E-state index is 0.0300. The number of hydrogen-bond acceptors (Lipinski definition) is 4. The number of nitrogens with one attached hydrogen (secondary N) is 2. The van der Waals surface area contributed by atoms with Crippen LogP contribution >= 0.6 is 0 Å². The van der Waals surface area contributed by atoms with E-state index in [9.17, 15) is 4.79 Å². The number of ether oxygens (including phenoxy) is 1. The fraction of sp³-hybridized carbons (Fsp3) is 0.250. The standard InChI is InChI=1S/C12H15N3O2/c1-3-7(2)14-9-5-10-11(4-8(9)13)17-6-12(16)15-10/h3-5,7,14H,1,6,13H2,2H3,(H,15,16). The molecule has 1 aromatic carbocycles. The van der Waals surface area contributed by atoms with E-state index in [0.29, 0.717) is 17.1 Å². The van der Waals surface area contributed by atoms with Gasteiger partial charge in [0.1, 0.15) is 5.75 Å². The van der Waals surface area contributed by atoms with Crippen molar-refractivity contribution in [2.75, 3.05) is 23.0 Å². The first-order valence-corrected chi connectivity index (χ1v) is 5.35. The Bertz CT molecular complexity index is 471. The fourth-order valence-electron chi connectivity index (χ4n) is 1.57. The number of nitrogens with two attached hydrogens (primary N) is 1. The number of amides is 1. The molecule has 0 aromatic heterocycles. The van der Waals surface area contributed by atoms with Gasteiger partial charge in [0.25, 0.3) is 5.91 Å². The van der Waals surface area contributed by atoms with E-state index in [1.54, 1.807) is 18.2 Å². The van der Waals surface area contributed by atoms with E-state index in [4.69, 9.17) is 10.5 Å². The lowest BCUT2D eigenvalue weighted by Crippen LogP contribution is -2.25. The second-order valence-corrected chi connectivity index (χ2v) is 3.94. The third-order valence-electron chi connectivity index (χ3n) is 2.52. The monoisotopic (exact) mass is 233 g/mol. The SMILES string of the molecule is C=CC(C)Nc1cc2c(cc1N)OCC(=O)N2. The van der Waals surface area contributed by atoms with E-state index < -0.39 is 0 Å². The molecule has 90 valence electrons. The first-order chi connectivity index (χ1) is 8.10. The summed E-state index contributed by atoms with van der Waals surface area (Å²) in [5.41, 5.74) is 7.86. The van der Waals surface area contributed by atoms with Crippen molar-refractivity contribution in [3.8, 4) is 5.75 Å². The summed E-state index contributed by atoms with van der Waals surface area (Å²) >= 11 is 0. The van der Waals surface area contributed by atoms with Crippen LogP contribution in [0.3, 0.4) is 0 Å². The highest BCUT2D eigenvalue weighted by Crippen LogP contribution is 2.35. The number of benzene rings is 1. The number of anilines is 3. The average Bonchev–Trinajstić information content (AvgIpc) is 2.30. The van der Waals surface area contributed by atoms with Crippen molar-refractivity contribution in [3.63, 3.8) is 0 Å². The topological polar surface area (TPSA) is 76.4 Å². The molecule has 0 aliphatic carbocycles. The molecule has 1 unspecified atom stereocenters. The summed E-state index contributed by atoms with van der Waals surface area (Å²) < 4.78 is 5.26. The van der Waals surface area contributed by atoms with Crippen LogP contribution in [0.1, 0.15) is 6.92 Å². The number of fused-ring (bicyclic) bond motifs is 1. The van der Waals surface area contributed by atoms with Crippen LogP contribution < -0.4 is 21.1 Å². The molecular weight excluding hydrogens is 218 g/mol. The molecule has 1 aromatic rings. The molecule has 2 rings (SSSR count). The van der Waals surface area contributed by atoms with Gasteiger partial charge in [0.05, 0.1) is 17.1 Å². The van der Waals surface area contributed by atoms with E-state index in [-0.39, 0.29) is 18.6 Å². The van der Waals surface area contributed by atoms with Gasteiger partial charge in [-0.1, -0.05) is 6.08 Å². The molecule has 1 aliphatic rings. The van der Waals surface area contributed by atoms with Gasteiger partial charge < -0.3 is 21.1 Å². The number of nitrogen functional groups attached to an aromatic ring is 1. The minimum atomic E-state index is -0.162. The van der Waals surface area contributed by atoms with Gasteiger partial charge in [0, 0.05) is 12.1 Å². The number of carbonyl (C=O) groups is 1. The van der Waals surface area contributed by atoms with Gasteiger partial charge in [0.2, 0.25) is 0 Å². The normalized spacial score (nSPS) is 15.2. The predicted molar refractivity (Wildman–Crippen MR) is 68.3 cm³/mol. The predicted octanol–water partition coefficient (Wildman–Crippen LogP) is 1.59. The molecule has 0 saturated heterocycles. The van der Waals surface area contributed by atoms with Crippen molar-refractivity contribution in [1.29, 1.82) is 0 Å². The summed E-state index contributed by atoms with van der Waals surface area (Å²) in [6.45, 7) is 5.68. The molecule has 1 aliphatic heterocycles. The van der Waals surface area contributed by atoms with Gasteiger partial charge in [-0.05, 0) is 13.0 Å². The summed E-state index contributed by atoms with van der Waals surface area (Å²) in [6, 6.07) is 3.56. The molecule has 1 amide bonds. The molecule has 0 bridgehead atoms. The Labute approximate surface area is 99.6 Å². The van der Waals surface area contributed by atoms with Crippen molar-refractivity contribution in [3.05, 3.63) is 24.8 Å². The third kappa shape index (κ3) is 2.33. The summed E-state index contributed by atoms with van der Waals surface area (Å²) in [6.07, 6.45) is 1.77. The zero-order valence-electron chi connectivity index (χ0n) is 9.62. The van der Waals surface area contributed by atoms with Gasteiger partial charge in [-0.25, -0.2) is 0 Å². The Morgan fingerprint density at radius 2 is 2.41 bits per heavy atom. The Hall–Kier alpha value is -2.17. The van der Waals surface area contributed by atoms with Crippen LogP contribution in [0.5, 0.6) is 5.75 Å². The van der Waals surface area contributed by atoms with Crippen molar-refractivity contribution >= 4 is 23.0 Å². The van der Waals surface area contributed by atoms with E-state index in [1.165, 1.54) is 0 Å². The first kappa shape index (κ1) is 11.3. The van der Waals surface area contributed by atoms with Crippen molar-refractivity contribution < 1.29 is 9.53 Å². The van der Waals surface area contributed by atoms with Crippen molar-refractivity contribution in [2.24, 2.45) is 0 Å². The van der Waals surface area contributed by atoms with Crippen LogP contribution in [0.2, 0.25) is 0 Å². The van der Waals surface area contributed by atoms with Gasteiger partial charge >= 0.3 is 0 Å². The molecule has 0 radical (unpaired) electrons. The quantitative estimate of drug-likeness (QED) is 0.547. The second kappa shape index (κ2) is 4.37. The number of rotatable bonds is 3. The fourth-order valence-corrected chi connectivity index (χ4v) is 1.57. The Balaban J connectivity index is 2.32. The maximum absolute atomic E-state index is 11.2. The third-order valence-corrected chi connectivity index (χ3v) is 2.52. The molecule has 1 heterocycles. The highest BCUT2D eigenvalue weighted by molar-refractivity contribution is 5.97. The highest BCUT2D eigenvalue weighted by atomic mass is 16.5. The van der Waals surface area contributed by atoms with Gasteiger partial charge in [-0.2, -0.15) is 0 Å². The van der Waals surface area contributed by atoms with Crippen LogP contribution in [-0.4, -0.2) is 18.6 Å². The average molecular weight is 233 g/mol. The van der Waals surface area contributed by atoms with Gasteiger partial charge in [0.15, 0.2) is 6.61 Å². The zero-order chi connectivity index (χ0) is 12.4. The lowest BCUT2D eigenvalue weighted by atomic mass is 10.2. The zero-order valence-corrected chi connectivity index (χ0v) is 9.62. The minimum Gasteiger partial charge on any atom is -0.482 e. The van der Waals surface area contributed by atoms with Crippen LogP contribution in [0, 0.1) is 0 Å². The van der Waals surface area contributed by atoms with Crippen LogP contribution in [-0.2, 0) is 4.79 Å². The van der Waals surface area contributed by atoms with E-state index in [2.05, 4.69) is 17.2 Å². The van der Waals surface area contributed by atoms with Crippen LogP contribution in [0.25, 0.3) is 0 Å². The van der Waals surface area contributed by atoms with Gasteiger partial charge in [-0.15, -0.1) is 6.58 Å². The second-order valence-electron chi connectivity index (χ2n) is 3.94. The molecule has 0 fully saturated rings. The lowest BCUT2D eigenvalue weighted by Gasteiger charge is -2.21. The van der Waals surface area contributed by atoms with Crippen molar-refractivity contribution in [2.45, 2.75) is 13.0 Å². The molecule has 17 heavy (non-hydrogen) atoms. The highest BCUT2D eigenvalue weighted by Gasteiger charge is 2.18.